The standard InChI is InChI=1S/C15H12O2/c16-15(14-9-5-2-6-10-14)17-12-11-13-7-3-1-4-8-13/h1-12H. The molecule has 0 aliphatic carbocycles. The summed E-state index contributed by atoms with van der Waals surface area (Å²) >= 11 is 0. The Morgan fingerprint density at radius 1 is 0.882 bits per heavy atom. The first kappa shape index (κ1) is 11.1. The first-order valence-corrected chi connectivity index (χ1v) is 5.34. The normalized spacial score (nSPS) is 10.4. The average molecular weight is 224 g/mol. The molecule has 0 radical (unpaired) electrons. The lowest BCUT2D eigenvalue weighted by Gasteiger charge is -1.98. The molecule has 0 saturated carbocycles. The van der Waals surface area contributed by atoms with E-state index in [1.807, 2.05) is 36.4 Å². The Morgan fingerprint density at radius 3 is 2.12 bits per heavy atom. The molecule has 0 aliphatic rings. The number of carbonyl (C=O) groups is 1. The van der Waals surface area contributed by atoms with Gasteiger partial charge in [0.1, 0.15) is 0 Å². The van der Waals surface area contributed by atoms with E-state index in [4.69, 9.17) is 4.74 Å². The van der Waals surface area contributed by atoms with Crippen molar-refractivity contribution < 1.29 is 9.53 Å². The van der Waals surface area contributed by atoms with Crippen LogP contribution >= 0.6 is 0 Å². The van der Waals surface area contributed by atoms with E-state index in [1.54, 1.807) is 30.3 Å². The van der Waals surface area contributed by atoms with Crippen LogP contribution in [0.2, 0.25) is 0 Å². The van der Waals surface area contributed by atoms with Crippen LogP contribution in [0.25, 0.3) is 6.08 Å². The Morgan fingerprint density at radius 2 is 1.47 bits per heavy atom. The number of hydrogen-bond acceptors (Lipinski definition) is 2. The van der Waals surface area contributed by atoms with Gasteiger partial charge in [-0.3, -0.25) is 0 Å². The predicted molar refractivity (Wildman–Crippen MR) is 67.3 cm³/mol. The second-order valence-electron chi connectivity index (χ2n) is 3.48. The summed E-state index contributed by atoms with van der Waals surface area (Å²) in [6.07, 6.45) is 3.16. The highest BCUT2D eigenvalue weighted by Gasteiger charge is 2.02. The zero-order chi connectivity index (χ0) is 11.9. The van der Waals surface area contributed by atoms with Crippen LogP contribution in [0.5, 0.6) is 0 Å². The Balaban J connectivity index is 1.95. The van der Waals surface area contributed by atoms with E-state index >= 15 is 0 Å². The summed E-state index contributed by atoms with van der Waals surface area (Å²) in [7, 11) is 0. The number of ether oxygens (including phenoxy) is 1. The van der Waals surface area contributed by atoms with E-state index in [2.05, 4.69) is 0 Å². The fraction of sp³-hybridized carbons (Fsp3) is 0. The van der Waals surface area contributed by atoms with Crippen LogP contribution in [0, 0.1) is 0 Å². The van der Waals surface area contributed by atoms with Gasteiger partial charge in [0.15, 0.2) is 0 Å². The van der Waals surface area contributed by atoms with Crippen molar-refractivity contribution in [3.8, 4) is 0 Å². The van der Waals surface area contributed by atoms with E-state index in [9.17, 15) is 4.79 Å². The molecule has 0 atom stereocenters. The minimum atomic E-state index is -0.349. The van der Waals surface area contributed by atoms with Gasteiger partial charge in [0.25, 0.3) is 0 Å². The maximum absolute atomic E-state index is 11.6. The van der Waals surface area contributed by atoms with Crippen molar-refractivity contribution in [2.45, 2.75) is 0 Å². The van der Waals surface area contributed by atoms with Gasteiger partial charge in [0.05, 0.1) is 11.8 Å². The summed E-state index contributed by atoms with van der Waals surface area (Å²) < 4.78 is 5.01. The molecule has 0 heterocycles. The third kappa shape index (κ3) is 3.31. The molecule has 2 rings (SSSR count). The van der Waals surface area contributed by atoms with Crippen molar-refractivity contribution >= 4 is 12.0 Å². The molecule has 0 saturated heterocycles. The summed E-state index contributed by atoms with van der Waals surface area (Å²) in [5, 5.41) is 0. The maximum Gasteiger partial charge on any atom is 0.342 e. The molecule has 84 valence electrons. The number of carbonyl (C=O) groups excluding carboxylic acids is 1. The van der Waals surface area contributed by atoms with Crippen molar-refractivity contribution in [2.75, 3.05) is 0 Å². The predicted octanol–water partition coefficient (Wildman–Crippen LogP) is 3.51. The van der Waals surface area contributed by atoms with Gasteiger partial charge in [-0.2, -0.15) is 0 Å². The molecule has 0 bridgehead atoms. The highest BCUT2D eigenvalue weighted by Crippen LogP contribution is 2.04. The molecule has 0 amide bonds. The fourth-order valence-electron chi connectivity index (χ4n) is 1.38. The summed E-state index contributed by atoms with van der Waals surface area (Å²) in [5.41, 5.74) is 1.54. The first-order chi connectivity index (χ1) is 8.36. The molecule has 0 fully saturated rings. The number of hydrogen-bond donors (Lipinski definition) is 0. The van der Waals surface area contributed by atoms with Gasteiger partial charge in [0.2, 0.25) is 0 Å². The van der Waals surface area contributed by atoms with E-state index in [-0.39, 0.29) is 5.97 Å². The van der Waals surface area contributed by atoms with Crippen LogP contribution in [0.15, 0.2) is 66.9 Å². The van der Waals surface area contributed by atoms with Gasteiger partial charge in [-0.05, 0) is 23.8 Å². The summed E-state index contributed by atoms with van der Waals surface area (Å²) in [6.45, 7) is 0. The number of esters is 1. The highest BCUT2D eigenvalue weighted by molar-refractivity contribution is 5.89. The molecular weight excluding hydrogens is 212 g/mol. The second kappa shape index (κ2) is 5.66. The van der Waals surface area contributed by atoms with E-state index in [0.29, 0.717) is 5.56 Å². The molecule has 0 N–H and O–H groups in total. The number of rotatable bonds is 3. The van der Waals surface area contributed by atoms with Crippen molar-refractivity contribution in [3.05, 3.63) is 78.1 Å². The maximum atomic E-state index is 11.6. The van der Waals surface area contributed by atoms with Gasteiger partial charge in [-0.15, -0.1) is 0 Å². The first-order valence-electron chi connectivity index (χ1n) is 5.34. The minimum Gasteiger partial charge on any atom is -0.431 e. The molecule has 2 aromatic rings. The smallest absolute Gasteiger partial charge is 0.342 e. The van der Waals surface area contributed by atoms with E-state index in [1.165, 1.54) is 6.26 Å². The van der Waals surface area contributed by atoms with Crippen LogP contribution in [-0.4, -0.2) is 5.97 Å². The number of benzene rings is 2. The Labute approximate surface area is 100 Å². The lowest BCUT2D eigenvalue weighted by molar-refractivity contribution is 0.0665. The minimum absolute atomic E-state index is 0.349. The molecule has 0 aromatic heterocycles. The zero-order valence-electron chi connectivity index (χ0n) is 9.24. The quantitative estimate of drug-likeness (QED) is 0.589. The van der Waals surface area contributed by atoms with Crippen molar-refractivity contribution in [1.29, 1.82) is 0 Å². The molecular formula is C15H12O2. The monoisotopic (exact) mass is 224 g/mol. The highest BCUT2D eigenvalue weighted by atomic mass is 16.5. The molecule has 0 aliphatic heterocycles. The van der Waals surface area contributed by atoms with Gasteiger partial charge in [0, 0.05) is 0 Å². The molecule has 2 heteroatoms. The van der Waals surface area contributed by atoms with Crippen LogP contribution in [-0.2, 0) is 4.74 Å². The average Bonchev–Trinajstić information content (AvgIpc) is 2.41. The molecule has 0 unspecified atom stereocenters. The SMILES string of the molecule is O=C(OC=Cc1ccccc1)c1ccccc1. The van der Waals surface area contributed by atoms with Gasteiger partial charge < -0.3 is 4.74 Å². The molecule has 2 aromatic carbocycles. The zero-order valence-corrected chi connectivity index (χ0v) is 9.24. The van der Waals surface area contributed by atoms with Crippen molar-refractivity contribution in [3.63, 3.8) is 0 Å². The Kier molecular flexibility index (Phi) is 3.71. The van der Waals surface area contributed by atoms with E-state index < -0.39 is 0 Å². The summed E-state index contributed by atoms with van der Waals surface area (Å²) in [5.74, 6) is -0.349. The second-order valence-corrected chi connectivity index (χ2v) is 3.48. The third-order valence-electron chi connectivity index (χ3n) is 2.24. The summed E-state index contributed by atoms with van der Waals surface area (Å²) in [4.78, 5) is 11.6. The van der Waals surface area contributed by atoms with Crippen molar-refractivity contribution in [1.82, 2.24) is 0 Å². The molecule has 2 nitrogen and oxygen atoms in total. The van der Waals surface area contributed by atoms with E-state index in [0.717, 1.165) is 5.56 Å². The Bertz CT molecular complexity index is 501. The Hall–Kier alpha value is -2.35. The largest absolute Gasteiger partial charge is 0.431 e. The van der Waals surface area contributed by atoms with Crippen LogP contribution < -0.4 is 0 Å². The lowest BCUT2D eigenvalue weighted by Crippen LogP contribution is -1.99. The van der Waals surface area contributed by atoms with Crippen LogP contribution in [0.3, 0.4) is 0 Å². The topological polar surface area (TPSA) is 26.3 Å². The summed E-state index contributed by atoms with van der Waals surface area (Å²) in [6, 6.07) is 18.6. The lowest BCUT2D eigenvalue weighted by atomic mass is 10.2. The molecule has 17 heavy (non-hydrogen) atoms. The van der Waals surface area contributed by atoms with Crippen LogP contribution in [0.1, 0.15) is 15.9 Å². The van der Waals surface area contributed by atoms with Gasteiger partial charge in [-0.1, -0.05) is 48.5 Å². The third-order valence-corrected chi connectivity index (χ3v) is 2.24. The molecule has 0 spiro atoms. The van der Waals surface area contributed by atoms with Gasteiger partial charge >= 0.3 is 5.97 Å². The fourth-order valence-corrected chi connectivity index (χ4v) is 1.38. The van der Waals surface area contributed by atoms with Crippen molar-refractivity contribution in [2.24, 2.45) is 0 Å². The van der Waals surface area contributed by atoms with Gasteiger partial charge in [-0.25, -0.2) is 4.79 Å². The van der Waals surface area contributed by atoms with Crippen LogP contribution in [0.4, 0.5) is 0 Å².